The van der Waals surface area contributed by atoms with E-state index in [2.05, 4.69) is 66.6 Å². The number of carbonyl (C=O) groups is 1. The van der Waals surface area contributed by atoms with Crippen molar-refractivity contribution in [3.63, 3.8) is 0 Å². The maximum atomic E-state index is 12.3. The fourth-order valence-electron chi connectivity index (χ4n) is 3.10. The van der Waals surface area contributed by atoms with Crippen molar-refractivity contribution in [1.82, 2.24) is 0 Å². The Balaban J connectivity index is 1.85. The summed E-state index contributed by atoms with van der Waals surface area (Å²) in [6.45, 7) is 11.1. The van der Waals surface area contributed by atoms with E-state index in [-0.39, 0.29) is 5.91 Å². The highest BCUT2D eigenvalue weighted by Gasteiger charge is 2.08. The molecule has 0 aliphatic rings. The van der Waals surface area contributed by atoms with Crippen LogP contribution in [0.25, 0.3) is 0 Å². The first kappa shape index (κ1) is 19.8. The number of rotatable bonds is 9. The number of hydrogen-bond donors (Lipinski definition) is 2. The SMILES string of the molecule is CCc1cccc(C)c1NC(=O)CCNc1ccc(N(CC)CC)cc1. The van der Waals surface area contributed by atoms with E-state index < -0.39 is 0 Å². The molecule has 140 valence electrons. The van der Waals surface area contributed by atoms with Gasteiger partial charge in [0.05, 0.1) is 0 Å². The average Bonchev–Trinajstić information content (AvgIpc) is 2.65. The smallest absolute Gasteiger partial charge is 0.226 e. The normalized spacial score (nSPS) is 10.5. The fraction of sp³-hybridized carbons (Fsp3) is 0.409. The third-order valence-electron chi connectivity index (χ3n) is 4.68. The van der Waals surface area contributed by atoms with Gasteiger partial charge in [-0.1, -0.05) is 25.1 Å². The van der Waals surface area contributed by atoms with Crippen molar-refractivity contribution >= 4 is 23.0 Å². The standard InChI is InChI=1S/C22H31N3O/c1-5-18-10-8-9-17(4)22(18)24-21(26)15-16-23-19-11-13-20(14-12-19)25(6-2)7-3/h8-14,23H,5-7,15-16H2,1-4H3,(H,24,26). The zero-order valence-corrected chi connectivity index (χ0v) is 16.4. The predicted octanol–water partition coefficient (Wildman–Crippen LogP) is 4.84. The lowest BCUT2D eigenvalue weighted by Gasteiger charge is -2.21. The number of aryl methyl sites for hydroxylation is 2. The van der Waals surface area contributed by atoms with Crippen molar-refractivity contribution in [2.24, 2.45) is 0 Å². The van der Waals surface area contributed by atoms with Gasteiger partial charge in [-0.3, -0.25) is 4.79 Å². The summed E-state index contributed by atoms with van der Waals surface area (Å²) in [5.74, 6) is 0.0428. The van der Waals surface area contributed by atoms with Crippen molar-refractivity contribution in [2.45, 2.75) is 40.5 Å². The molecule has 2 aromatic carbocycles. The molecule has 0 atom stereocenters. The van der Waals surface area contributed by atoms with Gasteiger partial charge in [-0.2, -0.15) is 0 Å². The van der Waals surface area contributed by atoms with Gasteiger partial charge in [0.15, 0.2) is 0 Å². The van der Waals surface area contributed by atoms with Gasteiger partial charge < -0.3 is 15.5 Å². The summed E-state index contributed by atoms with van der Waals surface area (Å²) >= 11 is 0. The van der Waals surface area contributed by atoms with Crippen LogP contribution in [0.1, 0.15) is 38.3 Å². The quantitative estimate of drug-likeness (QED) is 0.678. The Hall–Kier alpha value is -2.49. The van der Waals surface area contributed by atoms with Crippen LogP contribution in [-0.4, -0.2) is 25.5 Å². The third kappa shape index (κ3) is 5.25. The highest BCUT2D eigenvalue weighted by molar-refractivity contribution is 5.92. The first-order chi connectivity index (χ1) is 12.6. The van der Waals surface area contributed by atoms with Crippen molar-refractivity contribution in [1.29, 1.82) is 0 Å². The number of nitrogens with zero attached hydrogens (tertiary/aromatic N) is 1. The minimum atomic E-state index is 0.0428. The Morgan fingerprint density at radius 3 is 2.31 bits per heavy atom. The first-order valence-electron chi connectivity index (χ1n) is 9.56. The molecule has 4 heteroatoms. The second-order valence-corrected chi connectivity index (χ2v) is 6.41. The van der Waals surface area contributed by atoms with Crippen LogP contribution in [0.4, 0.5) is 17.1 Å². The van der Waals surface area contributed by atoms with Crippen LogP contribution in [-0.2, 0) is 11.2 Å². The molecule has 2 aromatic rings. The number of para-hydroxylation sites is 1. The van der Waals surface area contributed by atoms with Gasteiger partial charge in [-0.15, -0.1) is 0 Å². The minimum Gasteiger partial charge on any atom is -0.385 e. The number of amides is 1. The van der Waals surface area contributed by atoms with Gasteiger partial charge in [-0.25, -0.2) is 0 Å². The number of nitrogens with one attached hydrogen (secondary N) is 2. The topological polar surface area (TPSA) is 44.4 Å². The van der Waals surface area contributed by atoms with E-state index in [1.807, 2.05) is 19.1 Å². The van der Waals surface area contributed by atoms with Crippen LogP contribution in [0, 0.1) is 6.92 Å². The van der Waals surface area contributed by atoms with Crippen molar-refractivity contribution in [3.8, 4) is 0 Å². The second-order valence-electron chi connectivity index (χ2n) is 6.41. The Labute approximate surface area is 157 Å². The van der Waals surface area contributed by atoms with E-state index in [4.69, 9.17) is 0 Å². The molecule has 0 fully saturated rings. The van der Waals surface area contributed by atoms with Gasteiger partial charge in [0.1, 0.15) is 0 Å². The van der Waals surface area contributed by atoms with E-state index in [9.17, 15) is 4.79 Å². The lowest BCUT2D eigenvalue weighted by molar-refractivity contribution is -0.115. The predicted molar refractivity (Wildman–Crippen MR) is 112 cm³/mol. The van der Waals surface area contributed by atoms with Gasteiger partial charge in [0.2, 0.25) is 5.91 Å². The molecule has 2 N–H and O–H groups in total. The van der Waals surface area contributed by atoms with Crippen LogP contribution in [0.5, 0.6) is 0 Å². The molecule has 1 amide bonds. The molecule has 0 aliphatic heterocycles. The summed E-state index contributed by atoms with van der Waals surface area (Å²) in [7, 11) is 0. The fourth-order valence-corrected chi connectivity index (χ4v) is 3.10. The summed E-state index contributed by atoms with van der Waals surface area (Å²) in [4.78, 5) is 14.6. The number of benzene rings is 2. The Morgan fingerprint density at radius 1 is 1.00 bits per heavy atom. The van der Waals surface area contributed by atoms with E-state index in [0.717, 1.165) is 36.4 Å². The highest BCUT2D eigenvalue weighted by atomic mass is 16.1. The van der Waals surface area contributed by atoms with Gasteiger partial charge >= 0.3 is 0 Å². The van der Waals surface area contributed by atoms with Crippen molar-refractivity contribution < 1.29 is 4.79 Å². The molecule has 0 radical (unpaired) electrons. The molecule has 0 spiro atoms. The molecule has 2 rings (SSSR count). The molecular formula is C22H31N3O. The van der Waals surface area contributed by atoms with Crippen LogP contribution in [0.2, 0.25) is 0 Å². The Bertz CT molecular complexity index is 706. The third-order valence-corrected chi connectivity index (χ3v) is 4.68. The van der Waals surface area contributed by atoms with Crippen LogP contribution in [0.15, 0.2) is 42.5 Å². The summed E-state index contributed by atoms with van der Waals surface area (Å²) in [5, 5.41) is 6.40. The molecule has 0 unspecified atom stereocenters. The lowest BCUT2D eigenvalue weighted by Crippen LogP contribution is -2.21. The van der Waals surface area contributed by atoms with E-state index >= 15 is 0 Å². The minimum absolute atomic E-state index is 0.0428. The number of carbonyl (C=O) groups excluding carboxylic acids is 1. The van der Waals surface area contributed by atoms with E-state index in [1.54, 1.807) is 0 Å². The largest absolute Gasteiger partial charge is 0.385 e. The van der Waals surface area contributed by atoms with E-state index in [0.29, 0.717) is 13.0 Å². The molecule has 0 aliphatic carbocycles. The van der Waals surface area contributed by atoms with Crippen molar-refractivity contribution in [2.75, 3.05) is 35.2 Å². The zero-order valence-electron chi connectivity index (χ0n) is 16.4. The Kier molecular flexibility index (Phi) is 7.52. The molecule has 26 heavy (non-hydrogen) atoms. The Morgan fingerprint density at radius 2 is 1.69 bits per heavy atom. The first-order valence-corrected chi connectivity index (χ1v) is 9.56. The van der Waals surface area contributed by atoms with Gasteiger partial charge in [0.25, 0.3) is 0 Å². The molecule has 0 bridgehead atoms. The summed E-state index contributed by atoms with van der Waals surface area (Å²) in [6, 6.07) is 14.5. The van der Waals surface area contributed by atoms with Crippen LogP contribution < -0.4 is 15.5 Å². The molecule has 4 nitrogen and oxygen atoms in total. The number of hydrogen-bond acceptors (Lipinski definition) is 3. The highest BCUT2D eigenvalue weighted by Crippen LogP contribution is 2.21. The monoisotopic (exact) mass is 353 g/mol. The molecule has 0 aromatic heterocycles. The maximum absolute atomic E-state index is 12.3. The molecule has 0 saturated heterocycles. The second kappa shape index (κ2) is 9.85. The van der Waals surface area contributed by atoms with Crippen LogP contribution >= 0.6 is 0 Å². The summed E-state index contributed by atoms with van der Waals surface area (Å²) < 4.78 is 0. The molecule has 0 saturated carbocycles. The van der Waals surface area contributed by atoms with Crippen molar-refractivity contribution in [3.05, 3.63) is 53.6 Å². The summed E-state index contributed by atoms with van der Waals surface area (Å²) in [5.41, 5.74) is 5.52. The summed E-state index contributed by atoms with van der Waals surface area (Å²) in [6.07, 6.45) is 1.35. The van der Waals surface area contributed by atoms with Gasteiger partial charge in [-0.05, 0) is 62.6 Å². The van der Waals surface area contributed by atoms with Gasteiger partial charge in [0, 0.05) is 43.1 Å². The molecule has 0 heterocycles. The maximum Gasteiger partial charge on any atom is 0.226 e. The molecular weight excluding hydrogens is 322 g/mol. The number of anilines is 3. The van der Waals surface area contributed by atoms with E-state index in [1.165, 1.54) is 11.3 Å². The zero-order chi connectivity index (χ0) is 18.9. The van der Waals surface area contributed by atoms with Crippen LogP contribution in [0.3, 0.4) is 0 Å². The average molecular weight is 354 g/mol. The lowest BCUT2D eigenvalue weighted by atomic mass is 10.1.